The SMILES string of the molecule is CN(Cc1cc(Br)cs1)C(=O)CSC(C)(C)C. The van der Waals surface area contributed by atoms with Gasteiger partial charge in [0.1, 0.15) is 0 Å². The van der Waals surface area contributed by atoms with Crippen molar-refractivity contribution in [2.45, 2.75) is 32.1 Å². The largest absolute Gasteiger partial charge is 0.340 e. The van der Waals surface area contributed by atoms with Crippen LogP contribution in [0.15, 0.2) is 15.9 Å². The number of hydrogen-bond acceptors (Lipinski definition) is 3. The second-order valence-electron chi connectivity index (χ2n) is 4.88. The Bertz CT molecular complexity index is 384. The predicted octanol–water partition coefficient (Wildman–Crippen LogP) is 4.00. The number of thioether (sulfide) groups is 1. The summed E-state index contributed by atoms with van der Waals surface area (Å²) in [7, 11) is 1.86. The third-order valence-corrected chi connectivity index (χ3v) is 5.01. The molecule has 0 aromatic carbocycles. The van der Waals surface area contributed by atoms with E-state index in [1.807, 2.05) is 12.4 Å². The highest BCUT2D eigenvalue weighted by molar-refractivity contribution is 9.10. The third-order valence-electron chi connectivity index (χ3n) is 2.07. The molecule has 2 nitrogen and oxygen atoms in total. The molecule has 17 heavy (non-hydrogen) atoms. The molecule has 1 aromatic heterocycles. The van der Waals surface area contributed by atoms with Crippen molar-refractivity contribution >= 4 is 44.9 Å². The molecule has 1 aromatic rings. The van der Waals surface area contributed by atoms with Crippen molar-refractivity contribution in [1.29, 1.82) is 0 Å². The highest BCUT2D eigenvalue weighted by Crippen LogP contribution is 2.24. The zero-order chi connectivity index (χ0) is 13.1. The number of nitrogens with zero attached hydrogens (tertiary/aromatic N) is 1. The summed E-state index contributed by atoms with van der Waals surface area (Å²) in [6, 6.07) is 2.06. The molecule has 0 aliphatic heterocycles. The number of amides is 1. The minimum absolute atomic E-state index is 0.141. The summed E-state index contributed by atoms with van der Waals surface area (Å²) in [5.74, 6) is 0.737. The van der Waals surface area contributed by atoms with Crippen molar-refractivity contribution in [3.05, 3.63) is 20.8 Å². The molecule has 0 fully saturated rings. The lowest BCUT2D eigenvalue weighted by atomic mass is 10.3. The van der Waals surface area contributed by atoms with Gasteiger partial charge in [-0.25, -0.2) is 0 Å². The van der Waals surface area contributed by atoms with E-state index >= 15 is 0 Å². The molecular formula is C12H18BrNOS2. The Morgan fingerprint density at radius 2 is 2.18 bits per heavy atom. The van der Waals surface area contributed by atoms with Gasteiger partial charge in [-0.3, -0.25) is 4.79 Å². The van der Waals surface area contributed by atoms with E-state index < -0.39 is 0 Å². The van der Waals surface area contributed by atoms with E-state index in [0.717, 1.165) is 4.47 Å². The van der Waals surface area contributed by atoms with Crippen molar-refractivity contribution < 1.29 is 4.79 Å². The molecule has 1 amide bonds. The number of hydrogen-bond donors (Lipinski definition) is 0. The molecular weight excluding hydrogens is 318 g/mol. The van der Waals surface area contributed by atoms with E-state index in [9.17, 15) is 4.79 Å². The quantitative estimate of drug-likeness (QED) is 0.828. The van der Waals surface area contributed by atoms with Crippen molar-refractivity contribution in [2.24, 2.45) is 0 Å². The Morgan fingerprint density at radius 3 is 2.65 bits per heavy atom. The first kappa shape index (κ1) is 15.1. The lowest BCUT2D eigenvalue weighted by molar-refractivity contribution is -0.127. The van der Waals surface area contributed by atoms with Gasteiger partial charge in [-0.2, -0.15) is 0 Å². The van der Waals surface area contributed by atoms with Crippen LogP contribution < -0.4 is 0 Å². The second kappa shape index (κ2) is 6.25. The average Bonchev–Trinajstić information content (AvgIpc) is 2.59. The molecule has 0 spiro atoms. The van der Waals surface area contributed by atoms with E-state index in [2.05, 4.69) is 42.8 Å². The third kappa shape index (κ3) is 5.93. The maximum atomic E-state index is 11.9. The second-order valence-corrected chi connectivity index (χ2v) is 8.60. The fourth-order valence-electron chi connectivity index (χ4n) is 1.15. The molecule has 0 atom stereocenters. The van der Waals surface area contributed by atoms with Gasteiger partial charge in [-0.1, -0.05) is 20.8 Å². The zero-order valence-electron chi connectivity index (χ0n) is 10.6. The molecule has 0 saturated heterocycles. The number of thiophene rings is 1. The van der Waals surface area contributed by atoms with Crippen molar-refractivity contribution in [2.75, 3.05) is 12.8 Å². The van der Waals surface area contributed by atoms with Gasteiger partial charge in [0.15, 0.2) is 0 Å². The van der Waals surface area contributed by atoms with Gasteiger partial charge in [0, 0.05) is 26.5 Å². The minimum atomic E-state index is 0.141. The van der Waals surface area contributed by atoms with Crippen LogP contribution in [0.4, 0.5) is 0 Å². The fourth-order valence-corrected chi connectivity index (χ4v) is 3.43. The molecule has 0 aliphatic carbocycles. The lowest BCUT2D eigenvalue weighted by Crippen LogP contribution is -2.28. The highest BCUT2D eigenvalue weighted by atomic mass is 79.9. The molecule has 1 heterocycles. The van der Waals surface area contributed by atoms with Crippen LogP contribution in [0, 0.1) is 0 Å². The van der Waals surface area contributed by atoms with Crippen LogP contribution in [-0.2, 0) is 11.3 Å². The van der Waals surface area contributed by atoms with Crippen LogP contribution in [0.1, 0.15) is 25.6 Å². The molecule has 1 rings (SSSR count). The normalized spacial score (nSPS) is 11.6. The topological polar surface area (TPSA) is 20.3 Å². The summed E-state index contributed by atoms with van der Waals surface area (Å²) in [5.41, 5.74) is 0. The van der Waals surface area contributed by atoms with Crippen LogP contribution in [0.25, 0.3) is 0 Å². The van der Waals surface area contributed by atoms with E-state index in [4.69, 9.17) is 0 Å². The number of rotatable bonds is 4. The van der Waals surface area contributed by atoms with Gasteiger partial charge in [-0.15, -0.1) is 23.1 Å². The van der Waals surface area contributed by atoms with Crippen LogP contribution >= 0.6 is 39.0 Å². The van der Waals surface area contributed by atoms with Crippen molar-refractivity contribution in [1.82, 2.24) is 4.90 Å². The van der Waals surface area contributed by atoms with Crippen LogP contribution in [0.5, 0.6) is 0 Å². The Balaban J connectivity index is 2.42. The summed E-state index contributed by atoms with van der Waals surface area (Å²) in [5, 5.41) is 2.04. The first-order valence-corrected chi connectivity index (χ1v) is 8.04. The Hall–Kier alpha value is -0.000000000000000111. The zero-order valence-corrected chi connectivity index (χ0v) is 13.8. The maximum absolute atomic E-state index is 11.9. The molecule has 0 bridgehead atoms. The molecule has 0 radical (unpaired) electrons. The van der Waals surface area contributed by atoms with Gasteiger partial charge >= 0.3 is 0 Å². The first-order chi connectivity index (χ1) is 7.78. The van der Waals surface area contributed by atoms with Crippen molar-refractivity contribution in [3.63, 3.8) is 0 Å². The summed E-state index contributed by atoms with van der Waals surface area (Å²) in [6.45, 7) is 7.07. The van der Waals surface area contributed by atoms with Crippen LogP contribution in [0.2, 0.25) is 0 Å². The molecule has 5 heteroatoms. The number of carbonyl (C=O) groups is 1. The lowest BCUT2D eigenvalue weighted by Gasteiger charge is -2.20. The summed E-state index contributed by atoms with van der Waals surface area (Å²) in [6.07, 6.45) is 0. The van der Waals surface area contributed by atoms with E-state index in [0.29, 0.717) is 12.3 Å². The molecule has 0 N–H and O–H groups in total. The Kier molecular flexibility index (Phi) is 5.54. The van der Waals surface area contributed by atoms with Gasteiger partial charge in [0.25, 0.3) is 0 Å². The van der Waals surface area contributed by atoms with Gasteiger partial charge < -0.3 is 4.90 Å². The minimum Gasteiger partial charge on any atom is -0.340 e. The number of carbonyl (C=O) groups excluding carboxylic acids is 1. The monoisotopic (exact) mass is 335 g/mol. The smallest absolute Gasteiger partial charge is 0.232 e. The van der Waals surface area contributed by atoms with E-state index in [1.165, 1.54) is 4.88 Å². The fraction of sp³-hybridized carbons (Fsp3) is 0.583. The summed E-state index contributed by atoms with van der Waals surface area (Å²) in [4.78, 5) is 14.9. The Labute approximate surface area is 120 Å². The maximum Gasteiger partial charge on any atom is 0.232 e. The first-order valence-electron chi connectivity index (χ1n) is 5.39. The molecule has 0 unspecified atom stereocenters. The summed E-state index contributed by atoms with van der Waals surface area (Å²) < 4.78 is 1.23. The molecule has 96 valence electrons. The number of halogens is 1. The summed E-state index contributed by atoms with van der Waals surface area (Å²) >= 11 is 6.78. The van der Waals surface area contributed by atoms with Crippen LogP contribution in [-0.4, -0.2) is 28.4 Å². The predicted molar refractivity (Wildman–Crippen MR) is 80.7 cm³/mol. The van der Waals surface area contributed by atoms with E-state index in [1.54, 1.807) is 28.0 Å². The van der Waals surface area contributed by atoms with Gasteiger partial charge in [-0.05, 0) is 22.0 Å². The molecule has 0 saturated carbocycles. The van der Waals surface area contributed by atoms with Gasteiger partial charge in [0.05, 0.1) is 12.3 Å². The van der Waals surface area contributed by atoms with Crippen LogP contribution in [0.3, 0.4) is 0 Å². The van der Waals surface area contributed by atoms with Gasteiger partial charge in [0.2, 0.25) is 5.91 Å². The van der Waals surface area contributed by atoms with Crippen molar-refractivity contribution in [3.8, 4) is 0 Å². The molecule has 0 aliphatic rings. The highest BCUT2D eigenvalue weighted by Gasteiger charge is 2.16. The Morgan fingerprint density at radius 1 is 1.53 bits per heavy atom. The van der Waals surface area contributed by atoms with E-state index in [-0.39, 0.29) is 10.7 Å². The standard InChI is InChI=1S/C12H18BrNOS2/c1-12(2,3)17-8-11(15)14(4)6-10-5-9(13)7-16-10/h5,7H,6,8H2,1-4H3. The average molecular weight is 336 g/mol.